The summed E-state index contributed by atoms with van der Waals surface area (Å²) in [5.41, 5.74) is 12.5. The largest absolute Gasteiger partial charge is 0.394 e. The minimum Gasteiger partial charge on any atom is -0.394 e. The second kappa shape index (κ2) is 4.73. The Bertz CT molecular complexity index is 668. The lowest BCUT2D eigenvalue weighted by Gasteiger charge is -2.11. The smallest absolute Gasteiger partial charge is 0.251 e. The minimum atomic E-state index is -0.591. The van der Waals surface area contributed by atoms with E-state index in [1.807, 2.05) is 0 Å². The SMILES string of the molecule is NC(=O)c1cc(C2CCC(CO)O2)n2ncnc(N)c12. The maximum absolute atomic E-state index is 11.5. The van der Waals surface area contributed by atoms with Gasteiger partial charge in [0.15, 0.2) is 5.82 Å². The van der Waals surface area contributed by atoms with Crippen LogP contribution in [0.4, 0.5) is 5.82 Å². The molecular weight excluding hydrogens is 262 g/mol. The van der Waals surface area contributed by atoms with E-state index in [0.717, 1.165) is 12.8 Å². The quantitative estimate of drug-likeness (QED) is 0.701. The molecule has 0 spiro atoms. The summed E-state index contributed by atoms with van der Waals surface area (Å²) < 4.78 is 7.25. The maximum Gasteiger partial charge on any atom is 0.251 e. The summed E-state index contributed by atoms with van der Waals surface area (Å²) in [4.78, 5) is 15.4. The average molecular weight is 277 g/mol. The van der Waals surface area contributed by atoms with Gasteiger partial charge in [0, 0.05) is 0 Å². The first kappa shape index (κ1) is 12.8. The third-order valence-electron chi connectivity index (χ3n) is 3.52. The number of nitrogen functional groups attached to an aromatic ring is 1. The zero-order chi connectivity index (χ0) is 14.3. The van der Waals surface area contributed by atoms with Crippen molar-refractivity contribution in [3.63, 3.8) is 0 Å². The highest BCUT2D eigenvalue weighted by Crippen LogP contribution is 2.35. The van der Waals surface area contributed by atoms with Crippen LogP contribution >= 0.6 is 0 Å². The van der Waals surface area contributed by atoms with Gasteiger partial charge >= 0.3 is 0 Å². The molecule has 1 aliphatic rings. The lowest BCUT2D eigenvalue weighted by atomic mass is 10.1. The van der Waals surface area contributed by atoms with Crippen LogP contribution in [0.3, 0.4) is 0 Å². The highest BCUT2D eigenvalue weighted by atomic mass is 16.5. The Balaban J connectivity index is 2.12. The van der Waals surface area contributed by atoms with Crippen molar-refractivity contribution < 1.29 is 14.6 Å². The number of anilines is 1. The number of aliphatic hydroxyl groups excluding tert-OH is 1. The molecule has 106 valence electrons. The Morgan fingerprint density at radius 1 is 1.55 bits per heavy atom. The number of fused-ring (bicyclic) bond motifs is 1. The number of carbonyl (C=O) groups excluding carboxylic acids is 1. The molecule has 0 saturated carbocycles. The van der Waals surface area contributed by atoms with Crippen LogP contribution in [0.15, 0.2) is 12.4 Å². The Morgan fingerprint density at radius 2 is 2.35 bits per heavy atom. The summed E-state index contributed by atoms with van der Waals surface area (Å²) in [6.07, 6.45) is 2.36. The lowest BCUT2D eigenvalue weighted by molar-refractivity contribution is 0.00855. The Morgan fingerprint density at radius 3 is 3.00 bits per heavy atom. The van der Waals surface area contributed by atoms with Gasteiger partial charge in [-0.3, -0.25) is 4.79 Å². The van der Waals surface area contributed by atoms with E-state index in [2.05, 4.69) is 10.1 Å². The molecule has 20 heavy (non-hydrogen) atoms. The molecule has 0 bridgehead atoms. The molecule has 8 heteroatoms. The number of primary amides is 1. The van der Waals surface area contributed by atoms with Gasteiger partial charge in [-0.2, -0.15) is 5.10 Å². The standard InChI is InChI=1S/C12H15N5O3/c13-11-10-7(12(14)19)3-8(17(10)16-5-15-11)9-2-1-6(4-18)20-9/h3,5-6,9,18H,1-2,4H2,(H2,14,19)(H2,13,15,16). The Kier molecular flexibility index (Phi) is 3.03. The fourth-order valence-corrected chi connectivity index (χ4v) is 2.57. The molecule has 3 rings (SSSR count). The van der Waals surface area contributed by atoms with Crippen molar-refractivity contribution in [3.05, 3.63) is 23.7 Å². The van der Waals surface area contributed by atoms with Gasteiger partial charge in [-0.15, -0.1) is 0 Å². The molecule has 5 N–H and O–H groups in total. The molecule has 2 aromatic heterocycles. The second-order valence-corrected chi connectivity index (χ2v) is 4.76. The van der Waals surface area contributed by atoms with Gasteiger partial charge in [0.1, 0.15) is 17.9 Å². The first-order chi connectivity index (χ1) is 9.61. The number of ether oxygens (including phenoxy) is 1. The van der Waals surface area contributed by atoms with Crippen molar-refractivity contribution in [2.75, 3.05) is 12.3 Å². The molecule has 0 aliphatic carbocycles. The molecule has 0 radical (unpaired) electrons. The van der Waals surface area contributed by atoms with E-state index in [0.29, 0.717) is 11.2 Å². The fourth-order valence-electron chi connectivity index (χ4n) is 2.57. The van der Waals surface area contributed by atoms with Crippen molar-refractivity contribution in [2.45, 2.75) is 25.0 Å². The van der Waals surface area contributed by atoms with Gasteiger partial charge in [-0.05, 0) is 18.9 Å². The van der Waals surface area contributed by atoms with E-state index in [4.69, 9.17) is 21.3 Å². The summed E-state index contributed by atoms with van der Waals surface area (Å²) in [5.74, 6) is -0.399. The molecule has 1 fully saturated rings. The van der Waals surface area contributed by atoms with E-state index < -0.39 is 5.91 Å². The van der Waals surface area contributed by atoms with Crippen molar-refractivity contribution >= 4 is 17.2 Å². The van der Waals surface area contributed by atoms with E-state index in [1.54, 1.807) is 6.07 Å². The summed E-state index contributed by atoms with van der Waals surface area (Å²) in [5, 5.41) is 13.2. The number of carbonyl (C=O) groups is 1. The van der Waals surface area contributed by atoms with Gasteiger partial charge in [-0.1, -0.05) is 0 Å². The monoisotopic (exact) mass is 277 g/mol. The van der Waals surface area contributed by atoms with E-state index in [1.165, 1.54) is 10.8 Å². The predicted molar refractivity (Wildman–Crippen MR) is 69.9 cm³/mol. The van der Waals surface area contributed by atoms with Crippen molar-refractivity contribution in [1.29, 1.82) is 0 Å². The zero-order valence-electron chi connectivity index (χ0n) is 10.7. The van der Waals surface area contributed by atoms with Crippen LogP contribution in [0.2, 0.25) is 0 Å². The van der Waals surface area contributed by atoms with Crippen LogP contribution in [0.5, 0.6) is 0 Å². The van der Waals surface area contributed by atoms with Crippen molar-refractivity contribution in [3.8, 4) is 0 Å². The summed E-state index contributed by atoms with van der Waals surface area (Å²) >= 11 is 0. The number of hydrogen-bond donors (Lipinski definition) is 3. The fraction of sp³-hybridized carbons (Fsp3) is 0.417. The van der Waals surface area contributed by atoms with Gasteiger partial charge in [-0.25, -0.2) is 9.50 Å². The number of amides is 1. The highest BCUT2D eigenvalue weighted by Gasteiger charge is 2.30. The molecule has 0 aromatic carbocycles. The molecule has 8 nitrogen and oxygen atoms in total. The molecule has 2 aromatic rings. The van der Waals surface area contributed by atoms with Gasteiger partial charge in [0.25, 0.3) is 5.91 Å². The van der Waals surface area contributed by atoms with Crippen LogP contribution in [0, 0.1) is 0 Å². The van der Waals surface area contributed by atoms with Crippen LogP contribution < -0.4 is 11.5 Å². The van der Waals surface area contributed by atoms with Crippen LogP contribution in [0.1, 0.15) is 35.0 Å². The normalized spacial score (nSPS) is 22.4. The predicted octanol–water partition coefficient (Wildman–Crippen LogP) is -0.377. The van der Waals surface area contributed by atoms with E-state index in [-0.39, 0.29) is 30.2 Å². The third-order valence-corrected chi connectivity index (χ3v) is 3.52. The molecule has 2 atom stereocenters. The average Bonchev–Trinajstić information content (AvgIpc) is 3.02. The van der Waals surface area contributed by atoms with Gasteiger partial charge in [0.05, 0.1) is 24.0 Å². The zero-order valence-corrected chi connectivity index (χ0v) is 10.7. The maximum atomic E-state index is 11.5. The van der Waals surface area contributed by atoms with Crippen LogP contribution in [-0.2, 0) is 4.74 Å². The van der Waals surface area contributed by atoms with Crippen molar-refractivity contribution in [2.24, 2.45) is 5.73 Å². The third kappa shape index (κ3) is 1.89. The first-order valence-corrected chi connectivity index (χ1v) is 6.30. The molecule has 1 aliphatic heterocycles. The van der Waals surface area contributed by atoms with Gasteiger partial charge < -0.3 is 21.3 Å². The van der Waals surface area contributed by atoms with Gasteiger partial charge in [0.2, 0.25) is 0 Å². The molecule has 1 amide bonds. The Labute approximate surface area is 114 Å². The van der Waals surface area contributed by atoms with Crippen LogP contribution in [-0.4, -0.2) is 38.3 Å². The number of nitrogens with zero attached hydrogens (tertiary/aromatic N) is 3. The number of rotatable bonds is 3. The molecule has 3 heterocycles. The number of hydrogen-bond acceptors (Lipinski definition) is 6. The number of aliphatic hydroxyl groups is 1. The Hall–Kier alpha value is -2.19. The second-order valence-electron chi connectivity index (χ2n) is 4.76. The van der Waals surface area contributed by atoms with E-state index in [9.17, 15) is 4.79 Å². The van der Waals surface area contributed by atoms with Crippen LogP contribution in [0.25, 0.3) is 5.52 Å². The number of aromatic nitrogens is 3. The molecule has 1 saturated heterocycles. The summed E-state index contributed by atoms with van der Waals surface area (Å²) in [6.45, 7) is -0.0282. The number of nitrogens with two attached hydrogens (primary N) is 2. The molecule has 2 unspecified atom stereocenters. The highest BCUT2D eigenvalue weighted by molar-refractivity contribution is 6.02. The lowest BCUT2D eigenvalue weighted by Crippen LogP contribution is -2.12. The minimum absolute atomic E-state index is 0.0282. The topological polar surface area (TPSA) is 129 Å². The summed E-state index contributed by atoms with van der Waals surface area (Å²) in [7, 11) is 0. The first-order valence-electron chi connectivity index (χ1n) is 6.30. The summed E-state index contributed by atoms with van der Waals surface area (Å²) in [6, 6.07) is 1.63. The molecular formula is C12H15N5O3. The van der Waals surface area contributed by atoms with E-state index >= 15 is 0 Å². The van der Waals surface area contributed by atoms with Crippen molar-refractivity contribution in [1.82, 2.24) is 14.6 Å².